The molecule has 190 valence electrons. The summed E-state index contributed by atoms with van der Waals surface area (Å²) in [6.45, 7) is 4.21. The number of sulfonamides is 1. The molecule has 12 heteroatoms. The van der Waals surface area contributed by atoms with Gasteiger partial charge in [-0.25, -0.2) is 8.42 Å². The van der Waals surface area contributed by atoms with Crippen molar-refractivity contribution in [3.8, 4) is 0 Å². The molecule has 0 saturated carbocycles. The lowest BCUT2D eigenvalue weighted by Crippen LogP contribution is -2.49. The first-order valence-electron chi connectivity index (χ1n) is 11.7. The lowest BCUT2D eigenvalue weighted by molar-refractivity contribution is -0.149. The van der Waals surface area contributed by atoms with Crippen molar-refractivity contribution in [2.45, 2.75) is 24.8 Å². The summed E-state index contributed by atoms with van der Waals surface area (Å²) in [7, 11) is -2.40. The van der Waals surface area contributed by atoms with Crippen molar-refractivity contribution in [1.82, 2.24) is 19.0 Å². The van der Waals surface area contributed by atoms with Crippen molar-refractivity contribution in [2.75, 3.05) is 50.8 Å². The van der Waals surface area contributed by atoms with E-state index in [4.69, 9.17) is 16.3 Å². The minimum atomic E-state index is -3.99. The Labute approximate surface area is 210 Å². The smallest absolute Gasteiger partial charge is 0.310 e. The van der Waals surface area contributed by atoms with Crippen LogP contribution in [0.25, 0.3) is 0 Å². The van der Waals surface area contributed by atoms with Gasteiger partial charge in [-0.15, -0.1) is 0 Å². The number of rotatable bonds is 6. The Bertz CT molecular complexity index is 1180. The Morgan fingerprint density at radius 3 is 2.46 bits per heavy atom. The third-order valence-electron chi connectivity index (χ3n) is 6.37. The molecule has 0 aliphatic carbocycles. The summed E-state index contributed by atoms with van der Waals surface area (Å²) in [6, 6.07) is 7.42. The normalized spacial score (nSPS) is 19.6. The monoisotopic (exact) mass is 523 g/mol. The van der Waals surface area contributed by atoms with Gasteiger partial charge in [0.1, 0.15) is 0 Å². The maximum atomic E-state index is 13.5. The summed E-state index contributed by atoms with van der Waals surface area (Å²) < 4.78 is 34.9. The Kier molecular flexibility index (Phi) is 7.67. The minimum Gasteiger partial charge on any atom is -0.466 e. The van der Waals surface area contributed by atoms with Gasteiger partial charge in [-0.2, -0.15) is 9.40 Å². The lowest BCUT2D eigenvalue weighted by Gasteiger charge is -2.35. The summed E-state index contributed by atoms with van der Waals surface area (Å²) >= 11 is 5.97. The van der Waals surface area contributed by atoms with E-state index in [0.717, 1.165) is 5.69 Å². The van der Waals surface area contributed by atoms with Crippen molar-refractivity contribution in [3.63, 3.8) is 0 Å². The summed E-state index contributed by atoms with van der Waals surface area (Å²) in [4.78, 5) is 29.2. The van der Waals surface area contributed by atoms with Gasteiger partial charge in [0.15, 0.2) is 0 Å². The van der Waals surface area contributed by atoms with Crippen LogP contribution >= 0.6 is 11.6 Å². The molecule has 1 aromatic heterocycles. The molecule has 0 unspecified atom stereocenters. The zero-order valence-electron chi connectivity index (χ0n) is 19.9. The number of carbonyl (C=O) groups is 2. The number of esters is 1. The van der Waals surface area contributed by atoms with Crippen LogP contribution in [0.5, 0.6) is 0 Å². The van der Waals surface area contributed by atoms with Gasteiger partial charge in [-0.3, -0.25) is 14.3 Å². The molecule has 0 bridgehead atoms. The predicted molar refractivity (Wildman–Crippen MR) is 131 cm³/mol. The number of amides is 1. The Morgan fingerprint density at radius 2 is 1.80 bits per heavy atom. The molecule has 35 heavy (non-hydrogen) atoms. The summed E-state index contributed by atoms with van der Waals surface area (Å²) in [5.74, 6) is -1.18. The number of aromatic nitrogens is 2. The van der Waals surface area contributed by atoms with E-state index in [1.165, 1.54) is 20.1 Å². The second kappa shape index (κ2) is 10.5. The van der Waals surface area contributed by atoms with Crippen LogP contribution in [0.3, 0.4) is 0 Å². The maximum absolute atomic E-state index is 13.5. The fourth-order valence-corrected chi connectivity index (χ4v) is 6.22. The summed E-state index contributed by atoms with van der Waals surface area (Å²) in [6.07, 6.45) is 2.72. The van der Waals surface area contributed by atoms with Gasteiger partial charge in [0.05, 0.1) is 18.1 Å². The Hall–Kier alpha value is -2.63. The molecule has 3 heterocycles. The van der Waals surface area contributed by atoms with E-state index >= 15 is 0 Å². The predicted octanol–water partition coefficient (Wildman–Crippen LogP) is 2.00. The largest absolute Gasteiger partial charge is 0.466 e. The number of hydrogen-bond acceptors (Lipinski definition) is 7. The third-order valence-corrected chi connectivity index (χ3v) is 8.46. The molecule has 0 N–H and O–H groups in total. The molecule has 1 atom stereocenters. The van der Waals surface area contributed by atoms with Crippen molar-refractivity contribution in [3.05, 3.63) is 41.0 Å². The van der Waals surface area contributed by atoms with Crippen molar-refractivity contribution in [1.29, 1.82) is 0 Å². The number of piperazine rings is 1. The maximum Gasteiger partial charge on any atom is 0.310 e. The highest BCUT2D eigenvalue weighted by Gasteiger charge is 2.37. The molecule has 2 fully saturated rings. The topological polar surface area (TPSA) is 105 Å². The number of carbonyl (C=O) groups excluding carboxylic acids is 2. The number of nitrogens with zero attached hydrogens (tertiary/aromatic N) is 5. The third kappa shape index (κ3) is 5.46. The number of aryl methyl sites for hydroxylation is 1. The van der Waals surface area contributed by atoms with Crippen molar-refractivity contribution >= 4 is 39.2 Å². The van der Waals surface area contributed by atoms with E-state index in [1.54, 1.807) is 26.1 Å². The van der Waals surface area contributed by atoms with Crippen LogP contribution in [-0.4, -0.2) is 85.2 Å². The summed E-state index contributed by atoms with van der Waals surface area (Å²) in [5.41, 5.74) is 0.999. The van der Waals surface area contributed by atoms with Gasteiger partial charge in [-0.05, 0) is 44.0 Å². The highest BCUT2D eigenvalue weighted by Crippen LogP contribution is 2.26. The van der Waals surface area contributed by atoms with Crippen molar-refractivity contribution in [2.24, 2.45) is 13.0 Å². The zero-order chi connectivity index (χ0) is 25.2. The number of anilines is 1. The van der Waals surface area contributed by atoms with Crippen molar-refractivity contribution < 1.29 is 22.7 Å². The number of halogens is 1. The van der Waals surface area contributed by atoms with Gasteiger partial charge in [0.2, 0.25) is 5.03 Å². The molecule has 2 saturated heterocycles. The number of benzene rings is 1. The minimum absolute atomic E-state index is 0.0251. The van der Waals surface area contributed by atoms with Gasteiger partial charge in [0.25, 0.3) is 15.9 Å². The van der Waals surface area contributed by atoms with E-state index in [-0.39, 0.29) is 42.8 Å². The molecule has 0 radical (unpaired) electrons. The average Bonchev–Trinajstić information content (AvgIpc) is 3.27. The first-order chi connectivity index (χ1) is 16.7. The highest BCUT2D eigenvalue weighted by molar-refractivity contribution is 7.89. The average molecular weight is 524 g/mol. The molecule has 1 aromatic carbocycles. The fourth-order valence-electron chi connectivity index (χ4n) is 4.55. The molecule has 2 aromatic rings. The molecule has 10 nitrogen and oxygen atoms in total. The van der Waals surface area contributed by atoms with Gasteiger partial charge < -0.3 is 14.5 Å². The first kappa shape index (κ1) is 25.5. The first-order valence-corrected chi connectivity index (χ1v) is 13.5. The second-order valence-corrected chi connectivity index (χ2v) is 11.0. The van der Waals surface area contributed by atoms with Gasteiger partial charge >= 0.3 is 5.97 Å². The van der Waals surface area contributed by atoms with E-state index in [2.05, 4.69) is 10.00 Å². The number of likely N-dealkylation sites (tertiary alicyclic amines) is 1. The zero-order valence-corrected chi connectivity index (χ0v) is 21.5. The standard InChI is InChI=1S/C23H30ClN5O5S/c1-3-34-23(31)17-5-4-10-28(15-17)22(30)20-16-26(2)25-21(20)35(32,33)29-13-11-27(12-14-29)19-8-6-18(24)7-9-19/h6-9,16-17H,3-5,10-15H2,1-2H3/t17-/m1/s1. The second-order valence-electron chi connectivity index (χ2n) is 8.73. The Balaban J connectivity index is 1.49. The molecule has 2 aliphatic rings. The molecule has 0 spiro atoms. The van der Waals surface area contributed by atoms with Crippen LogP contribution in [0.15, 0.2) is 35.5 Å². The van der Waals surface area contributed by atoms with Crippen LogP contribution in [0.2, 0.25) is 5.02 Å². The molecular formula is C23H30ClN5O5S. The fraction of sp³-hybridized carbons (Fsp3) is 0.522. The van der Waals surface area contributed by atoms with E-state index < -0.39 is 21.8 Å². The highest BCUT2D eigenvalue weighted by atomic mass is 35.5. The molecular weight excluding hydrogens is 494 g/mol. The Morgan fingerprint density at radius 1 is 1.11 bits per heavy atom. The summed E-state index contributed by atoms with van der Waals surface area (Å²) in [5, 5.41) is 4.56. The number of piperidine rings is 1. The van der Waals surface area contributed by atoms with Crippen LogP contribution < -0.4 is 4.90 Å². The number of ether oxygens (including phenoxy) is 1. The molecule has 4 rings (SSSR count). The van der Waals surface area contributed by atoms with Crippen LogP contribution in [-0.2, 0) is 26.6 Å². The number of hydrogen-bond donors (Lipinski definition) is 0. The lowest BCUT2D eigenvalue weighted by atomic mass is 9.98. The van der Waals surface area contributed by atoms with Gasteiger partial charge in [0, 0.05) is 63.2 Å². The SMILES string of the molecule is CCOC(=O)[C@@H]1CCCN(C(=O)c2cn(C)nc2S(=O)(=O)N2CCN(c3ccc(Cl)cc3)CC2)C1. The van der Waals surface area contributed by atoms with Crippen LogP contribution in [0, 0.1) is 5.92 Å². The van der Waals surface area contributed by atoms with E-state index in [1.807, 2.05) is 12.1 Å². The molecule has 1 amide bonds. The van der Waals surface area contributed by atoms with Gasteiger partial charge in [-0.1, -0.05) is 11.6 Å². The van der Waals surface area contributed by atoms with E-state index in [9.17, 15) is 18.0 Å². The van der Waals surface area contributed by atoms with E-state index in [0.29, 0.717) is 37.5 Å². The quantitative estimate of drug-likeness (QED) is 0.533. The molecule has 2 aliphatic heterocycles. The van der Waals surface area contributed by atoms with Crippen LogP contribution in [0.1, 0.15) is 30.1 Å². The van der Waals surface area contributed by atoms with Crippen LogP contribution in [0.4, 0.5) is 5.69 Å².